The fourth-order valence-corrected chi connectivity index (χ4v) is 1.27. The molecule has 1 rings (SSSR count). The summed E-state index contributed by atoms with van der Waals surface area (Å²) in [7, 11) is 0. The average Bonchev–Trinajstić information content (AvgIpc) is 2.33. The number of carbonyl (C=O) groups is 1. The molecule has 0 aliphatic heterocycles. The van der Waals surface area contributed by atoms with Gasteiger partial charge in [-0.25, -0.2) is 4.79 Å². The summed E-state index contributed by atoms with van der Waals surface area (Å²) < 4.78 is 0. The molecule has 0 spiro atoms. The third kappa shape index (κ3) is 5.23. The van der Waals surface area contributed by atoms with Gasteiger partial charge in [0.1, 0.15) is 0 Å². The smallest absolute Gasteiger partial charge is 0.335 e. The molecular formula is C9H12N6O2S2. The molecule has 102 valence electrons. The van der Waals surface area contributed by atoms with Crippen molar-refractivity contribution in [2.24, 2.45) is 11.5 Å². The van der Waals surface area contributed by atoms with Crippen LogP contribution in [0.3, 0.4) is 0 Å². The highest BCUT2D eigenvalue weighted by atomic mass is 32.1. The van der Waals surface area contributed by atoms with Crippen LogP contribution in [-0.4, -0.2) is 21.3 Å². The largest absolute Gasteiger partial charge is 0.478 e. The van der Waals surface area contributed by atoms with E-state index in [0.717, 1.165) is 0 Å². The van der Waals surface area contributed by atoms with Crippen molar-refractivity contribution in [1.82, 2.24) is 10.9 Å². The van der Waals surface area contributed by atoms with E-state index in [1.165, 1.54) is 12.1 Å². The van der Waals surface area contributed by atoms with Gasteiger partial charge in [0.05, 0.1) is 16.9 Å². The molecule has 0 aromatic heterocycles. The van der Waals surface area contributed by atoms with Crippen LogP contribution < -0.4 is 33.2 Å². The number of benzene rings is 1. The van der Waals surface area contributed by atoms with E-state index >= 15 is 0 Å². The van der Waals surface area contributed by atoms with E-state index < -0.39 is 5.97 Å². The minimum Gasteiger partial charge on any atom is -0.478 e. The summed E-state index contributed by atoms with van der Waals surface area (Å²) in [4.78, 5) is 11.0. The van der Waals surface area contributed by atoms with Crippen molar-refractivity contribution in [3.63, 3.8) is 0 Å². The molecule has 0 heterocycles. The van der Waals surface area contributed by atoms with E-state index in [4.69, 9.17) is 16.6 Å². The van der Waals surface area contributed by atoms with Gasteiger partial charge in [0.25, 0.3) is 0 Å². The van der Waals surface area contributed by atoms with Crippen LogP contribution in [0.25, 0.3) is 0 Å². The fraction of sp³-hybridized carbons (Fsp3) is 0. The van der Waals surface area contributed by atoms with Crippen molar-refractivity contribution in [3.8, 4) is 0 Å². The Balaban J connectivity index is 2.93. The molecule has 19 heavy (non-hydrogen) atoms. The maximum Gasteiger partial charge on any atom is 0.335 e. The highest BCUT2D eigenvalue weighted by Gasteiger charge is 2.07. The molecule has 10 heteroatoms. The van der Waals surface area contributed by atoms with Crippen LogP contribution in [0.2, 0.25) is 0 Å². The number of hydrogen-bond acceptors (Lipinski definition) is 5. The first kappa shape index (κ1) is 14.7. The monoisotopic (exact) mass is 300 g/mol. The standard InChI is InChI=1S/C9H12N6O2S2/c10-8(18)14-12-5-1-4(7(16)17)2-6(3-5)13-15-9(11)19/h1-3,12-13H,(H,16,17)(H3,10,14,18)(H3,11,15,19). The fourth-order valence-electron chi connectivity index (χ4n) is 1.16. The number of aromatic carboxylic acids is 1. The van der Waals surface area contributed by atoms with Gasteiger partial charge in [0.15, 0.2) is 10.2 Å². The van der Waals surface area contributed by atoms with Crippen molar-refractivity contribution < 1.29 is 9.90 Å². The lowest BCUT2D eigenvalue weighted by Crippen LogP contribution is -2.35. The van der Waals surface area contributed by atoms with Crippen LogP contribution >= 0.6 is 24.4 Å². The average molecular weight is 300 g/mol. The summed E-state index contributed by atoms with van der Waals surface area (Å²) in [6, 6.07) is 4.40. The third-order valence-corrected chi connectivity index (χ3v) is 2.04. The van der Waals surface area contributed by atoms with Crippen LogP contribution in [0, 0.1) is 0 Å². The molecule has 0 saturated heterocycles. The van der Waals surface area contributed by atoms with Crippen molar-refractivity contribution in [1.29, 1.82) is 0 Å². The van der Waals surface area contributed by atoms with Crippen LogP contribution in [0.15, 0.2) is 18.2 Å². The summed E-state index contributed by atoms with van der Waals surface area (Å²) in [5.41, 5.74) is 21.7. The second-order valence-electron chi connectivity index (χ2n) is 3.33. The number of thiocarbonyl (C=S) groups is 2. The summed E-state index contributed by atoms with van der Waals surface area (Å²) >= 11 is 9.25. The quantitative estimate of drug-likeness (QED) is 0.287. The topological polar surface area (TPSA) is 137 Å². The Bertz CT molecular complexity index is 485. The normalized spacial score (nSPS) is 9.26. The Labute approximate surface area is 119 Å². The molecule has 1 aromatic rings. The van der Waals surface area contributed by atoms with Crippen molar-refractivity contribution >= 4 is 52.0 Å². The van der Waals surface area contributed by atoms with E-state index in [1.807, 2.05) is 0 Å². The number of carboxylic acid groups (broad SMARTS) is 1. The third-order valence-electron chi connectivity index (χ3n) is 1.84. The first-order valence-electron chi connectivity index (χ1n) is 4.90. The Morgan fingerprint density at radius 3 is 1.74 bits per heavy atom. The van der Waals surface area contributed by atoms with Crippen LogP contribution in [0.5, 0.6) is 0 Å². The van der Waals surface area contributed by atoms with Gasteiger partial charge in [-0.2, -0.15) is 0 Å². The van der Waals surface area contributed by atoms with E-state index in [2.05, 4.69) is 46.1 Å². The van der Waals surface area contributed by atoms with Crippen LogP contribution in [0.1, 0.15) is 10.4 Å². The second-order valence-corrected chi connectivity index (χ2v) is 4.21. The van der Waals surface area contributed by atoms with E-state index in [0.29, 0.717) is 11.4 Å². The number of rotatable bonds is 5. The molecule has 0 aliphatic rings. The molecule has 0 aliphatic carbocycles. The molecule has 0 atom stereocenters. The Hall–Kier alpha value is -2.33. The molecule has 1 aromatic carbocycles. The van der Waals surface area contributed by atoms with Gasteiger partial charge in [-0.3, -0.25) is 21.7 Å². The SMILES string of the molecule is NC(=S)NNc1cc(NNC(N)=S)cc(C(=O)O)c1. The summed E-state index contributed by atoms with van der Waals surface area (Å²) in [6.45, 7) is 0. The molecular weight excluding hydrogens is 288 g/mol. The number of anilines is 2. The van der Waals surface area contributed by atoms with Gasteiger partial charge in [0, 0.05) is 0 Å². The van der Waals surface area contributed by atoms with E-state index in [-0.39, 0.29) is 15.8 Å². The number of hydrazine groups is 2. The van der Waals surface area contributed by atoms with Crippen molar-refractivity contribution in [2.75, 3.05) is 10.9 Å². The minimum absolute atomic E-state index is 0.0245. The second kappa shape index (κ2) is 6.56. The lowest BCUT2D eigenvalue weighted by Gasteiger charge is -2.13. The predicted octanol–water partition coefficient (Wildman–Crippen LogP) is -0.295. The molecule has 0 radical (unpaired) electrons. The number of nitrogens with one attached hydrogen (secondary N) is 4. The predicted molar refractivity (Wildman–Crippen MR) is 80.5 cm³/mol. The maximum absolute atomic E-state index is 11.0. The van der Waals surface area contributed by atoms with Crippen LogP contribution in [-0.2, 0) is 0 Å². The van der Waals surface area contributed by atoms with Crippen molar-refractivity contribution in [3.05, 3.63) is 23.8 Å². The Kier molecular flexibility index (Phi) is 5.09. The van der Waals surface area contributed by atoms with Gasteiger partial charge < -0.3 is 16.6 Å². The summed E-state index contributed by atoms with van der Waals surface area (Å²) in [5, 5.41) is 9.04. The molecule has 0 bridgehead atoms. The van der Waals surface area contributed by atoms with E-state index in [9.17, 15) is 4.79 Å². The molecule has 9 N–H and O–H groups in total. The Morgan fingerprint density at radius 2 is 1.42 bits per heavy atom. The lowest BCUT2D eigenvalue weighted by molar-refractivity contribution is 0.0697. The molecule has 0 saturated carbocycles. The van der Waals surface area contributed by atoms with Gasteiger partial charge in [-0.1, -0.05) is 0 Å². The molecule has 0 amide bonds. The molecule has 0 unspecified atom stereocenters. The summed E-state index contributed by atoms with van der Waals surface area (Å²) in [5.74, 6) is -1.09. The maximum atomic E-state index is 11.0. The molecule has 8 nitrogen and oxygen atoms in total. The summed E-state index contributed by atoms with van der Waals surface area (Å²) in [6.07, 6.45) is 0. The highest BCUT2D eigenvalue weighted by molar-refractivity contribution is 7.80. The zero-order valence-corrected chi connectivity index (χ0v) is 11.2. The first-order chi connectivity index (χ1) is 8.88. The van der Waals surface area contributed by atoms with Gasteiger partial charge in [0.2, 0.25) is 0 Å². The van der Waals surface area contributed by atoms with Gasteiger partial charge in [-0.05, 0) is 42.6 Å². The number of hydrogen-bond donors (Lipinski definition) is 7. The number of nitrogens with two attached hydrogens (primary N) is 2. The number of carboxylic acids is 1. The van der Waals surface area contributed by atoms with Gasteiger partial charge >= 0.3 is 5.97 Å². The zero-order valence-electron chi connectivity index (χ0n) is 9.56. The van der Waals surface area contributed by atoms with Crippen molar-refractivity contribution in [2.45, 2.75) is 0 Å². The Morgan fingerprint density at radius 1 is 1.00 bits per heavy atom. The molecule has 0 fully saturated rings. The van der Waals surface area contributed by atoms with Crippen LogP contribution in [0.4, 0.5) is 11.4 Å². The highest BCUT2D eigenvalue weighted by Crippen LogP contribution is 2.18. The zero-order chi connectivity index (χ0) is 14.4. The first-order valence-corrected chi connectivity index (χ1v) is 5.71. The minimum atomic E-state index is -1.09. The van der Waals surface area contributed by atoms with E-state index in [1.54, 1.807) is 6.07 Å². The van der Waals surface area contributed by atoms with Gasteiger partial charge in [-0.15, -0.1) is 0 Å². The lowest BCUT2D eigenvalue weighted by atomic mass is 10.2.